The van der Waals surface area contributed by atoms with E-state index in [-0.39, 0.29) is 0 Å². The summed E-state index contributed by atoms with van der Waals surface area (Å²) in [7, 11) is 0. The number of hydrogen-bond donors (Lipinski definition) is 1. The summed E-state index contributed by atoms with van der Waals surface area (Å²) in [4.78, 5) is 13.0. The molecule has 4 aromatic rings. The standard InChI is InChI=1S/C28H26F3N5S/c29-28(30,31)22-9-10-33-27(17-22)37-24-6-4-23(5-7-24)36-14-12-35(13-15-36)11-1-2-21-19-34-26-8-3-20(18-32)16-25(21)26/h3-10,16-17,19,34H,1-2,11-15H2. The van der Waals surface area contributed by atoms with E-state index in [0.717, 1.165) is 79.2 Å². The number of fused-ring (bicyclic) bond motifs is 1. The number of H-pyrrole nitrogens is 1. The minimum atomic E-state index is -4.37. The predicted octanol–water partition coefficient (Wildman–Crippen LogP) is 6.36. The molecular formula is C28H26F3N5S. The zero-order valence-corrected chi connectivity index (χ0v) is 20.9. The molecule has 0 radical (unpaired) electrons. The van der Waals surface area contributed by atoms with Crippen LogP contribution in [0.5, 0.6) is 0 Å². The molecule has 0 saturated carbocycles. The lowest BCUT2D eigenvalue weighted by Gasteiger charge is -2.36. The Kier molecular flexibility index (Phi) is 7.40. The third-order valence-electron chi connectivity index (χ3n) is 6.68. The van der Waals surface area contributed by atoms with Crippen LogP contribution in [0.2, 0.25) is 0 Å². The molecule has 1 fully saturated rings. The van der Waals surface area contributed by atoms with Crippen molar-refractivity contribution >= 4 is 28.4 Å². The summed E-state index contributed by atoms with van der Waals surface area (Å²) in [5, 5.41) is 10.6. The number of aryl methyl sites for hydroxylation is 1. The maximum absolute atomic E-state index is 13.0. The fourth-order valence-electron chi connectivity index (χ4n) is 4.66. The number of anilines is 1. The van der Waals surface area contributed by atoms with E-state index in [1.807, 2.05) is 42.5 Å². The Labute approximate surface area is 217 Å². The van der Waals surface area contributed by atoms with Gasteiger partial charge in [0.15, 0.2) is 0 Å². The zero-order valence-electron chi connectivity index (χ0n) is 20.1. The van der Waals surface area contributed by atoms with Crippen LogP contribution in [-0.2, 0) is 12.6 Å². The number of rotatable bonds is 7. The Balaban J connectivity index is 1.10. The molecule has 0 bridgehead atoms. The van der Waals surface area contributed by atoms with Crippen LogP contribution < -0.4 is 4.90 Å². The molecule has 0 spiro atoms. The quantitative estimate of drug-likeness (QED) is 0.307. The van der Waals surface area contributed by atoms with Crippen molar-refractivity contribution in [3.63, 3.8) is 0 Å². The smallest absolute Gasteiger partial charge is 0.369 e. The summed E-state index contributed by atoms with van der Waals surface area (Å²) in [5.74, 6) is 0. The maximum atomic E-state index is 13.0. The van der Waals surface area contributed by atoms with Crippen molar-refractivity contribution < 1.29 is 13.2 Å². The molecule has 2 aromatic heterocycles. The number of nitrogens with one attached hydrogen (secondary N) is 1. The third kappa shape index (κ3) is 6.09. The maximum Gasteiger partial charge on any atom is 0.416 e. The molecule has 0 aliphatic carbocycles. The lowest BCUT2D eigenvalue weighted by Crippen LogP contribution is -2.46. The highest BCUT2D eigenvalue weighted by atomic mass is 32.2. The van der Waals surface area contributed by atoms with E-state index >= 15 is 0 Å². The molecule has 3 heterocycles. The van der Waals surface area contributed by atoms with E-state index in [4.69, 9.17) is 0 Å². The molecule has 0 unspecified atom stereocenters. The Hall–Kier alpha value is -3.48. The van der Waals surface area contributed by atoms with Gasteiger partial charge in [0.25, 0.3) is 0 Å². The molecule has 2 aromatic carbocycles. The topological polar surface area (TPSA) is 59.0 Å². The Bertz CT molecular complexity index is 1400. The zero-order chi connectivity index (χ0) is 25.8. The molecule has 5 rings (SSSR count). The van der Waals surface area contributed by atoms with Crippen molar-refractivity contribution in [2.45, 2.75) is 28.9 Å². The van der Waals surface area contributed by atoms with Gasteiger partial charge in [-0.25, -0.2) is 4.98 Å². The van der Waals surface area contributed by atoms with Crippen LogP contribution in [0.15, 0.2) is 76.9 Å². The van der Waals surface area contributed by atoms with E-state index < -0.39 is 11.7 Å². The number of nitriles is 1. The van der Waals surface area contributed by atoms with E-state index in [0.29, 0.717) is 10.6 Å². The fourth-order valence-corrected chi connectivity index (χ4v) is 5.48. The largest absolute Gasteiger partial charge is 0.416 e. The van der Waals surface area contributed by atoms with Crippen molar-refractivity contribution in [1.29, 1.82) is 5.26 Å². The summed E-state index contributed by atoms with van der Waals surface area (Å²) in [6.07, 6.45) is 0.899. The fraction of sp³-hybridized carbons (Fsp3) is 0.286. The van der Waals surface area contributed by atoms with Gasteiger partial charge in [-0.3, -0.25) is 4.90 Å². The van der Waals surface area contributed by atoms with Crippen molar-refractivity contribution in [2.75, 3.05) is 37.6 Å². The number of nitrogens with zero attached hydrogens (tertiary/aromatic N) is 4. The number of halogens is 3. The first kappa shape index (κ1) is 25.2. The molecule has 0 atom stereocenters. The molecule has 9 heteroatoms. The average Bonchev–Trinajstić information content (AvgIpc) is 3.31. The SMILES string of the molecule is N#Cc1ccc2[nH]cc(CCCN3CCN(c4ccc(Sc5cc(C(F)(F)F)ccn5)cc4)CC3)c2c1. The van der Waals surface area contributed by atoms with Gasteiger partial charge in [-0.1, -0.05) is 11.8 Å². The molecule has 1 aliphatic heterocycles. The Morgan fingerprint density at radius 3 is 2.51 bits per heavy atom. The summed E-state index contributed by atoms with van der Waals surface area (Å²) in [6, 6.07) is 18.0. The number of piperazine rings is 1. The van der Waals surface area contributed by atoms with Crippen molar-refractivity contribution in [3.05, 3.63) is 83.7 Å². The van der Waals surface area contributed by atoms with Crippen LogP contribution in [0.4, 0.5) is 18.9 Å². The predicted molar refractivity (Wildman–Crippen MR) is 140 cm³/mol. The number of pyridine rings is 1. The second kappa shape index (κ2) is 10.9. The molecule has 37 heavy (non-hydrogen) atoms. The normalized spacial score (nSPS) is 14.7. The highest BCUT2D eigenvalue weighted by molar-refractivity contribution is 7.99. The van der Waals surface area contributed by atoms with Crippen LogP contribution in [0.3, 0.4) is 0 Å². The van der Waals surface area contributed by atoms with Crippen LogP contribution in [-0.4, -0.2) is 47.6 Å². The molecule has 1 N–H and O–H groups in total. The molecular weight excluding hydrogens is 495 g/mol. The van der Waals surface area contributed by atoms with Crippen molar-refractivity contribution in [2.24, 2.45) is 0 Å². The van der Waals surface area contributed by atoms with Gasteiger partial charge in [-0.05, 0) is 79.5 Å². The lowest BCUT2D eigenvalue weighted by atomic mass is 10.1. The van der Waals surface area contributed by atoms with E-state index in [2.05, 4.69) is 32.0 Å². The molecule has 1 aliphatic rings. The number of alkyl halides is 3. The number of hydrogen-bond acceptors (Lipinski definition) is 5. The first-order chi connectivity index (χ1) is 17.9. The molecule has 0 amide bonds. The summed E-state index contributed by atoms with van der Waals surface area (Å²) in [6.45, 7) is 4.85. The summed E-state index contributed by atoms with van der Waals surface area (Å²) in [5.41, 5.74) is 3.44. The Morgan fingerprint density at radius 1 is 1.00 bits per heavy atom. The highest BCUT2D eigenvalue weighted by Gasteiger charge is 2.30. The van der Waals surface area contributed by atoms with Gasteiger partial charge >= 0.3 is 6.18 Å². The Morgan fingerprint density at radius 2 is 1.78 bits per heavy atom. The monoisotopic (exact) mass is 521 g/mol. The van der Waals surface area contributed by atoms with Gasteiger partial charge in [0.05, 0.1) is 17.2 Å². The summed E-state index contributed by atoms with van der Waals surface area (Å²) < 4.78 is 38.9. The second-order valence-corrected chi connectivity index (χ2v) is 10.2. The average molecular weight is 522 g/mol. The first-order valence-electron chi connectivity index (χ1n) is 12.2. The minimum Gasteiger partial charge on any atom is -0.369 e. The van der Waals surface area contributed by atoms with E-state index in [1.54, 1.807) is 0 Å². The molecule has 1 saturated heterocycles. The second-order valence-electron chi connectivity index (χ2n) is 9.09. The lowest BCUT2D eigenvalue weighted by molar-refractivity contribution is -0.137. The van der Waals surface area contributed by atoms with Crippen molar-refractivity contribution in [1.82, 2.24) is 14.9 Å². The van der Waals surface area contributed by atoms with E-state index in [1.165, 1.54) is 23.5 Å². The van der Waals surface area contributed by atoms with Crippen LogP contribution in [0, 0.1) is 11.3 Å². The molecule has 190 valence electrons. The van der Waals surface area contributed by atoms with Gasteiger partial charge < -0.3 is 9.88 Å². The van der Waals surface area contributed by atoms with Gasteiger partial charge in [0.1, 0.15) is 5.03 Å². The van der Waals surface area contributed by atoms with Crippen LogP contribution >= 0.6 is 11.8 Å². The van der Waals surface area contributed by atoms with Gasteiger partial charge in [0, 0.05) is 60.1 Å². The van der Waals surface area contributed by atoms with E-state index in [9.17, 15) is 18.4 Å². The number of aromatic amines is 1. The van der Waals surface area contributed by atoms with Gasteiger partial charge in [-0.2, -0.15) is 18.4 Å². The first-order valence-corrected chi connectivity index (χ1v) is 13.0. The van der Waals surface area contributed by atoms with Crippen LogP contribution in [0.25, 0.3) is 10.9 Å². The molecule has 5 nitrogen and oxygen atoms in total. The van der Waals surface area contributed by atoms with Gasteiger partial charge in [-0.15, -0.1) is 0 Å². The van der Waals surface area contributed by atoms with Crippen molar-refractivity contribution in [3.8, 4) is 6.07 Å². The summed E-state index contributed by atoms with van der Waals surface area (Å²) >= 11 is 1.23. The third-order valence-corrected chi connectivity index (χ3v) is 7.62. The number of aromatic nitrogens is 2. The van der Waals surface area contributed by atoms with Gasteiger partial charge in [0.2, 0.25) is 0 Å². The highest BCUT2D eigenvalue weighted by Crippen LogP contribution is 2.34. The minimum absolute atomic E-state index is 0.328. The van der Waals surface area contributed by atoms with Crippen LogP contribution in [0.1, 0.15) is 23.1 Å². The number of benzene rings is 2.